The number of allylic oxidation sites excluding steroid dienone is 4. The second-order valence-corrected chi connectivity index (χ2v) is 10.7. The van der Waals surface area contributed by atoms with Crippen LogP contribution in [0.1, 0.15) is 66.7 Å². The van der Waals surface area contributed by atoms with Crippen LogP contribution in [-0.2, 0) is 19.1 Å². The number of Topliss-reactive ketones (excluding diaryl/α,β-unsaturated/α-hetero) is 1. The number of carbonyl (C=O) groups excluding carboxylic acids is 2. The summed E-state index contributed by atoms with van der Waals surface area (Å²) in [6.45, 7) is 5.67. The molecule has 32 heavy (non-hydrogen) atoms. The number of aliphatic hydroxyl groups is 2. The van der Waals surface area contributed by atoms with E-state index in [1.54, 1.807) is 12.2 Å². The van der Waals surface area contributed by atoms with Crippen LogP contribution in [0.5, 0.6) is 0 Å². The molecular weight excluding hydrogens is 408 g/mol. The number of fused-ring (bicyclic) bond motifs is 7. The van der Waals surface area contributed by atoms with Crippen LogP contribution in [0.15, 0.2) is 23.8 Å². The fourth-order valence-corrected chi connectivity index (χ4v) is 8.12. The molecular formula is C26H38O6. The van der Waals surface area contributed by atoms with Gasteiger partial charge in [0.15, 0.2) is 23.5 Å². The minimum Gasteiger partial charge on any atom is -0.393 e. The summed E-state index contributed by atoms with van der Waals surface area (Å²) in [6, 6.07) is 0. The summed E-state index contributed by atoms with van der Waals surface area (Å²) in [5, 5.41) is 21.4. The molecule has 178 valence electrons. The molecule has 0 aromatic heterocycles. The van der Waals surface area contributed by atoms with Gasteiger partial charge in [0.2, 0.25) is 0 Å². The molecule has 4 aliphatic carbocycles. The van der Waals surface area contributed by atoms with Crippen LogP contribution in [0.25, 0.3) is 0 Å². The van der Waals surface area contributed by atoms with E-state index in [2.05, 4.69) is 20.8 Å². The van der Waals surface area contributed by atoms with Crippen LogP contribution in [0.3, 0.4) is 0 Å². The third-order valence-electron chi connectivity index (χ3n) is 9.37. The molecule has 9 atom stereocenters. The van der Waals surface area contributed by atoms with E-state index in [9.17, 15) is 19.8 Å². The molecule has 0 amide bonds. The topological polar surface area (TPSA) is 93.1 Å². The van der Waals surface area contributed by atoms with Gasteiger partial charge in [0.25, 0.3) is 0 Å². The molecule has 0 aromatic carbocycles. The lowest BCUT2D eigenvalue weighted by Gasteiger charge is -2.59. The van der Waals surface area contributed by atoms with Crippen molar-refractivity contribution in [3.8, 4) is 0 Å². The molecule has 1 saturated heterocycles. The Morgan fingerprint density at radius 3 is 2.75 bits per heavy atom. The minimum atomic E-state index is -1.20. The third-order valence-corrected chi connectivity index (χ3v) is 9.37. The van der Waals surface area contributed by atoms with Gasteiger partial charge in [-0.15, -0.1) is 0 Å². The van der Waals surface area contributed by atoms with Crippen molar-refractivity contribution in [2.75, 3.05) is 6.61 Å². The summed E-state index contributed by atoms with van der Waals surface area (Å²) in [7, 11) is 0. The largest absolute Gasteiger partial charge is 0.393 e. The van der Waals surface area contributed by atoms with Crippen molar-refractivity contribution in [2.45, 2.75) is 90.8 Å². The molecule has 5 rings (SSSR count). The smallest absolute Gasteiger partial charge is 0.193 e. The molecule has 5 aliphatic rings. The average molecular weight is 447 g/mol. The van der Waals surface area contributed by atoms with Crippen molar-refractivity contribution in [1.29, 1.82) is 0 Å². The molecule has 6 nitrogen and oxygen atoms in total. The van der Waals surface area contributed by atoms with E-state index < -0.39 is 36.1 Å². The van der Waals surface area contributed by atoms with E-state index in [0.717, 1.165) is 24.8 Å². The summed E-state index contributed by atoms with van der Waals surface area (Å²) < 4.78 is 12.7. The van der Waals surface area contributed by atoms with Crippen LogP contribution in [0.4, 0.5) is 0 Å². The molecule has 0 spiro atoms. The summed E-state index contributed by atoms with van der Waals surface area (Å²) in [5.41, 5.74) is -1.05. The third kappa shape index (κ3) is 2.85. The molecule has 4 fully saturated rings. The Balaban J connectivity index is 0.00000245. The van der Waals surface area contributed by atoms with E-state index in [0.29, 0.717) is 19.3 Å². The van der Waals surface area contributed by atoms with E-state index in [1.165, 1.54) is 0 Å². The second kappa shape index (κ2) is 7.86. The normalized spacial score (nSPS) is 48.8. The highest BCUT2D eigenvalue weighted by Gasteiger charge is 2.75. The average Bonchev–Trinajstić information content (AvgIpc) is 3.20. The molecule has 2 N–H and O–H groups in total. The van der Waals surface area contributed by atoms with Crippen LogP contribution >= 0.6 is 0 Å². The van der Waals surface area contributed by atoms with Gasteiger partial charge >= 0.3 is 0 Å². The quantitative estimate of drug-likeness (QED) is 0.688. The first-order valence-electron chi connectivity index (χ1n) is 11.8. The van der Waals surface area contributed by atoms with E-state index in [1.807, 2.05) is 6.08 Å². The summed E-state index contributed by atoms with van der Waals surface area (Å²) >= 11 is 0. The number of hydrogen-bond donors (Lipinski definition) is 2. The SMILES string of the molecule is C.CCCC1O[C@@H]2C[C@H]3[C@@H]4CCC5=CC(=O)C=C[C@]5(C)[C@H]4C(O)C[C@]3(C)[C@]2(C(=O)CO)O1. The highest BCUT2D eigenvalue weighted by Crippen LogP contribution is 2.69. The Morgan fingerprint density at radius 2 is 2.06 bits per heavy atom. The predicted molar refractivity (Wildman–Crippen MR) is 120 cm³/mol. The van der Waals surface area contributed by atoms with Gasteiger partial charge in [-0.25, -0.2) is 0 Å². The van der Waals surface area contributed by atoms with Crippen LogP contribution in [-0.4, -0.2) is 52.5 Å². The number of aliphatic hydroxyl groups excluding tert-OH is 2. The zero-order chi connectivity index (χ0) is 22.2. The van der Waals surface area contributed by atoms with Gasteiger partial charge < -0.3 is 19.7 Å². The minimum absolute atomic E-state index is 0. The first kappa shape index (κ1) is 23.8. The number of carbonyl (C=O) groups is 2. The summed E-state index contributed by atoms with van der Waals surface area (Å²) in [6.07, 6.45) is 8.31. The zero-order valence-electron chi connectivity index (χ0n) is 18.7. The van der Waals surface area contributed by atoms with Gasteiger partial charge in [0.05, 0.1) is 12.2 Å². The molecule has 0 radical (unpaired) electrons. The molecule has 1 heterocycles. The Labute approximate surface area is 191 Å². The fraction of sp³-hybridized carbons (Fsp3) is 0.769. The summed E-state index contributed by atoms with van der Waals surface area (Å²) in [5.74, 6) is 0.0274. The van der Waals surface area contributed by atoms with Gasteiger partial charge in [-0.05, 0) is 56.1 Å². The lowest BCUT2D eigenvalue weighted by Crippen LogP contribution is -2.63. The zero-order valence-corrected chi connectivity index (χ0v) is 18.7. The molecule has 0 aromatic rings. The highest BCUT2D eigenvalue weighted by molar-refractivity contribution is 6.01. The van der Waals surface area contributed by atoms with Gasteiger partial charge in [0.1, 0.15) is 6.61 Å². The molecule has 0 bridgehead atoms. The number of ketones is 2. The molecule has 1 aliphatic heterocycles. The van der Waals surface area contributed by atoms with Crippen LogP contribution in [0.2, 0.25) is 0 Å². The van der Waals surface area contributed by atoms with Crippen molar-refractivity contribution in [3.05, 3.63) is 23.8 Å². The van der Waals surface area contributed by atoms with E-state index in [4.69, 9.17) is 9.47 Å². The van der Waals surface area contributed by atoms with Gasteiger partial charge in [-0.2, -0.15) is 0 Å². The van der Waals surface area contributed by atoms with Crippen molar-refractivity contribution in [1.82, 2.24) is 0 Å². The number of hydrogen-bond acceptors (Lipinski definition) is 6. The number of rotatable bonds is 4. The van der Waals surface area contributed by atoms with Gasteiger partial charge in [-0.1, -0.05) is 46.3 Å². The van der Waals surface area contributed by atoms with Gasteiger partial charge in [-0.3, -0.25) is 9.59 Å². The predicted octanol–water partition coefficient (Wildman–Crippen LogP) is 3.35. The van der Waals surface area contributed by atoms with Crippen LogP contribution in [0, 0.1) is 28.6 Å². The Bertz CT molecular complexity index is 862. The van der Waals surface area contributed by atoms with E-state index in [-0.39, 0.29) is 42.2 Å². The lowest BCUT2D eigenvalue weighted by atomic mass is 9.46. The second-order valence-electron chi connectivity index (χ2n) is 10.7. The Morgan fingerprint density at radius 1 is 1.31 bits per heavy atom. The van der Waals surface area contributed by atoms with Crippen molar-refractivity contribution < 1.29 is 29.3 Å². The molecule has 2 unspecified atom stereocenters. The first-order valence-corrected chi connectivity index (χ1v) is 11.8. The standard InChI is InChI=1S/C25H34O6.CH4/c1-4-5-21-30-20-11-17-16-7-6-14-10-15(27)8-9-23(14,2)22(16)18(28)12-24(17,3)25(20,31-21)19(29)13-26;/h8-10,16-18,20-22,26,28H,4-7,11-13H2,1-3H3;1H4/t16-,17-,18?,20+,21?,22+,23-,24-,25+;/m0./s1. The Kier molecular flexibility index (Phi) is 5.85. The maximum atomic E-state index is 13.2. The fourth-order valence-electron chi connectivity index (χ4n) is 8.12. The van der Waals surface area contributed by atoms with Crippen molar-refractivity contribution >= 4 is 11.6 Å². The first-order chi connectivity index (χ1) is 14.7. The lowest BCUT2D eigenvalue weighted by molar-refractivity contribution is -0.200. The van der Waals surface area contributed by atoms with E-state index >= 15 is 0 Å². The van der Waals surface area contributed by atoms with Gasteiger partial charge in [0, 0.05) is 16.7 Å². The highest BCUT2D eigenvalue weighted by atomic mass is 16.7. The Hall–Kier alpha value is -1.34. The molecule has 6 heteroatoms. The maximum Gasteiger partial charge on any atom is 0.193 e. The molecule has 3 saturated carbocycles. The number of ether oxygens (including phenoxy) is 2. The monoisotopic (exact) mass is 446 g/mol. The van der Waals surface area contributed by atoms with Crippen LogP contribution < -0.4 is 0 Å². The summed E-state index contributed by atoms with van der Waals surface area (Å²) in [4.78, 5) is 25.2. The van der Waals surface area contributed by atoms with Crippen molar-refractivity contribution in [2.24, 2.45) is 28.6 Å². The van der Waals surface area contributed by atoms with Crippen molar-refractivity contribution in [3.63, 3.8) is 0 Å². The maximum absolute atomic E-state index is 13.2.